The van der Waals surface area contributed by atoms with Crippen LogP contribution in [0.4, 0.5) is 13.2 Å². The molecule has 1 heterocycles. The number of piperidine rings is 1. The summed E-state index contributed by atoms with van der Waals surface area (Å²) in [6.07, 6.45) is -4.26. The van der Waals surface area contributed by atoms with E-state index in [1.54, 1.807) is 12.1 Å². The number of esters is 1. The largest absolute Gasteiger partial charge is 0.573 e. The lowest BCUT2D eigenvalue weighted by molar-refractivity contribution is -0.274. The maximum absolute atomic E-state index is 12.1. The summed E-state index contributed by atoms with van der Waals surface area (Å²) in [5.74, 6) is -0.494. The van der Waals surface area contributed by atoms with Crippen molar-refractivity contribution in [2.45, 2.75) is 31.7 Å². The predicted molar refractivity (Wildman–Crippen MR) is 68.9 cm³/mol. The van der Waals surface area contributed by atoms with Gasteiger partial charge in [-0.1, -0.05) is 12.1 Å². The van der Waals surface area contributed by atoms with Crippen LogP contribution in [0.5, 0.6) is 5.75 Å². The molecule has 0 radical (unpaired) electrons. The summed E-state index contributed by atoms with van der Waals surface area (Å²) in [6, 6.07) is 5.78. The summed E-state index contributed by atoms with van der Waals surface area (Å²) in [4.78, 5) is 11.0. The third-order valence-corrected chi connectivity index (χ3v) is 3.23. The molecule has 1 aromatic rings. The van der Waals surface area contributed by atoms with Gasteiger partial charge < -0.3 is 14.8 Å². The van der Waals surface area contributed by atoms with E-state index >= 15 is 0 Å². The van der Waals surface area contributed by atoms with Gasteiger partial charge >= 0.3 is 12.3 Å². The van der Waals surface area contributed by atoms with Crippen molar-refractivity contribution in [1.29, 1.82) is 0 Å². The van der Waals surface area contributed by atoms with E-state index in [1.165, 1.54) is 19.1 Å². The first-order valence-corrected chi connectivity index (χ1v) is 6.57. The molecule has 0 spiro atoms. The number of carbonyl (C=O) groups excluding carboxylic acids is 1. The van der Waals surface area contributed by atoms with Crippen molar-refractivity contribution in [3.8, 4) is 5.75 Å². The van der Waals surface area contributed by atoms with Crippen LogP contribution in [0, 0.1) is 0 Å². The minimum absolute atomic E-state index is 0.0861. The molecule has 4 nitrogen and oxygen atoms in total. The van der Waals surface area contributed by atoms with E-state index < -0.39 is 6.36 Å². The van der Waals surface area contributed by atoms with Gasteiger partial charge in [0.15, 0.2) is 0 Å². The summed E-state index contributed by atoms with van der Waals surface area (Å²) in [5.41, 5.74) is 0.883. The van der Waals surface area contributed by atoms with Gasteiger partial charge in [-0.2, -0.15) is 0 Å². The van der Waals surface area contributed by atoms with Crippen LogP contribution in [0.2, 0.25) is 0 Å². The minimum atomic E-state index is -4.69. The second-order valence-corrected chi connectivity index (χ2v) is 4.94. The van der Waals surface area contributed by atoms with Crippen molar-refractivity contribution in [1.82, 2.24) is 5.32 Å². The Kier molecular flexibility index (Phi) is 4.72. The first kappa shape index (κ1) is 15.6. The Morgan fingerprint density at radius 2 is 1.90 bits per heavy atom. The summed E-state index contributed by atoms with van der Waals surface area (Å²) >= 11 is 0. The standard InChI is InChI=1S/C14H16F3NO3/c1-9(19)20-13-6-11(7-18-8-13)10-2-4-12(5-3-10)21-14(15,16)17/h2-5,11,13,18H,6-8H2,1H3. The van der Waals surface area contributed by atoms with Gasteiger partial charge in [0.1, 0.15) is 11.9 Å². The second-order valence-electron chi connectivity index (χ2n) is 4.94. The van der Waals surface area contributed by atoms with Crippen LogP contribution in [-0.4, -0.2) is 31.5 Å². The average molecular weight is 303 g/mol. The molecule has 2 atom stereocenters. The molecule has 1 N–H and O–H groups in total. The SMILES string of the molecule is CC(=O)OC1CNCC(c2ccc(OC(F)(F)F)cc2)C1. The fourth-order valence-electron chi connectivity index (χ4n) is 2.42. The third kappa shape index (κ3) is 4.93. The number of halogens is 3. The Balaban J connectivity index is 1.99. The molecule has 2 rings (SSSR count). The lowest BCUT2D eigenvalue weighted by atomic mass is 9.90. The summed E-state index contributed by atoms with van der Waals surface area (Å²) < 4.78 is 45.3. The molecule has 7 heteroatoms. The number of hydrogen-bond acceptors (Lipinski definition) is 4. The molecule has 1 saturated heterocycles. The highest BCUT2D eigenvalue weighted by atomic mass is 19.4. The lowest BCUT2D eigenvalue weighted by Gasteiger charge is -2.29. The Hall–Kier alpha value is -1.76. The van der Waals surface area contributed by atoms with Crippen LogP contribution in [0.15, 0.2) is 24.3 Å². The molecule has 116 valence electrons. The monoisotopic (exact) mass is 303 g/mol. The zero-order valence-corrected chi connectivity index (χ0v) is 11.4. The molecule has 0 aromatic heterocycles. The van der Waals surface area contributed by atoms with E-state index in [4.69, 9.17) is 4.74 Å². The maximum atomic E-state index is 12.1. The molecule has 1 aliphatic heterocycles. The van der Waals surface area contributed by atoms with Gasteiger partial charge in [-0.15, -0.1) is 13.2 Å². The molecule has 1 aromatic carbocycles. The van der Waals surface area contributed by atoms with E-state index in [0.29, 0.717) is 19.5 Å². The van der Waals surface area contributed by atoms with Crippen LogP contribution >= 0.6 is 0 Å². The molecule has 0 amide bonds. The molecule has 21 heavy (non-hydrogen) atoms. The van der Waals surface area contributed by atoms with E-state index in [0.717, 1.165) is 5.56 Å². The molecule has 0 saturated carbocycles. The number of carbonyl (C=O) groups is 1. The smallest absolute Gasteiger partial charge is 0.461 e. The number of nitrogens with one attached hydrogen (secondary N) is 1. The first-order chi connectivity index (χ1) is 9.83. The average Bonchev–Trinajstić information content (AvgIpc) is 2.37. The summed E-state index contributed by atoms with van der Waals surface area (Å²) in [7, 11) is 0. The highest BCUT2D eigenvalue weighted by Gasteiger charge is 2.31. The van der Waals surface area contributed by atoms with Gasteiger partial charge in [-0.05, 0) is 30.0 Å². The van der Waals surface area contributed by atoms with Crippen molar-refractivity contribution in [3.63, 3.8) is 0 Å². The fraction of sp³-hybridized carbons (Fsp3) is 0.500. The van der Waals surface area contributed by atoms with Gasteiger partial charge in [0.25, 0.3) is 0 Å². The van der Waals surface area contributed by atoms with Crippen molar-refractivity contribution in [3.05, 3.63) is 29.8 Å². The fourth-order valence-corrected chi connectivity index (χ4v) is 2.42. The third-order valence-electron chi connectivity index (χ3n) is 3.23. The molecule has 0 bridgehead atoms. The Morgan fingerprint density at radius 1 is 1.24 bits per heavy atom. The van der Waals surface area contributed by atoms with Crippen LogP contribution in [0.25, 0.3) is 0 Å². The molecule has 1 aliphatic rings. The number of hydrogen-bond donors (Lipinski definition) is 1. The molecule has 0 aliphatic carbocycles. The molecule has 2 unspecified atom stereocenters. The van der Waals surface area contributed by atoms with Gasteiger partial charge in [-0.25, -0.2) is 0 Å². The zero-order valence-electron chi connectivity index (χ0n) is 11.4. The van der Waals surface area contributed by atoms with Crippen LogP contribution in [0.1, 0.15) is 24.8 Å². The van der Waals surface area contributed by atoms with Crippen molar-refractivity contribution < 1.29 is 27.4 Å². The Labute approximate surface area is 120 Å². The normalized spacial score (nSPS) is 22.7. The molecular formula is C14H16F3NO3. The first-order valence-electron chi connectivity index (χ1n) is 6.57. The van der Waals surface area contributed by atoms with Crippen LogP contribution in [-0.2, 0) is 9.53 Å². The van der Waals surface area contributed by atoms with Gasteiger partial charge in [0.2, 0.25) is 0 Å². The van der Waals surface area contributed by atoms with Crippen molar-refractivity contribution >= 4 is 5.97 Å². The summed E-state index contributed by atoms with van der Waals surface area (Å²) in [5, 5.41) is 3.15. The Morgan fingerprint density at radius 3 is 2.48 bits per heavy atom. The maximum Gasteiger partial charge on any atom is 0.573 e. The molecule has 1 fully saturated rings. The quantitative estimate of drug-likeness (QED) is 0.872. The van der Waals surface area contributed by atoms with Gasteiger partial charge in [0.05, 0.1) is 0 Å². The van der Waals surface area contributed by atoms with E-state index in [-0.39, 0.29) is 23.7 Å². The van der Waals surface area contributed by atoms with E-state index in [1.807, 2.05) is 0 Å². The van der Waals surface area contributed by atoms with Crippen molar-refractivity contribution in [2.75, 3.05) is 13.1 Å². The molecular weight excluding hydrogens is 287 g/mol. The highest BCUT2D eigenvalue weighted by Crippen LogP contribution is 2.28. The highest BCUT2D eigenvalue weighted by molar-refractivity contribution is 5.66. The second kappa shape index (κ2) is 6.34. The number of alkyl halides is 3. The number of rotatable bonds is 3. The van der Waals surface area contributed by atoms with E-state index in [9.17, 15) is 18.0 Å². The number of ether oxygens (including phenoxy) is 2. The lowest BCUT2D eigenvalue weighted by Crippen LogP contribution is -2.40. The topological polar surface area (TPSA) is 47.6 Å². The zero-order chi connectivity index (χ0) is 15.5. The van der Waals surface area contributed by atoms with Gasteiger partial charge in [0, 0.05) is 20.0 Å². The minimum Gasteiger partial charge on any atom is -0.461 e. The summed E-state index contributed by atoms with van der Waals surface area (Å²) in [6.45, 7) is 2.63. The van der Waals surface area contributed by atoms with Crippen LogP contribution in [0.3, 0.4) is 0 Å². The van der Waals surface area contributed by atoms with E-state index in [2.05, 4.69) is 10.1 Å². The predicted octanol–water partition coefficient (Wildman–Crippen LogP) is 2.59. The van der Waals surface area contributed by atoms with Gasteiger partial charge in [-0.3, -0.25) is 4.79 Å². The number of benzene rings is 1. The van der Waals surface area contributed by atoms with Crippen LogP contribution < -0.4 is 10.1 Å². The van der Waals surface area contributed by atoms with Crippen molar-refractivity contribution in [2.24, 2.45) is 0 Å². The Bertz CT molecular complexity index is 487.